The summed E-state index contributed by atoms with van der Waals surface area (Å²) in [6.45, 7) is 5.67. The summed E-state index contributed by atoms with van der Waals surface area (Å²) >= 11 is 1.71. The summed E-state index contributed by atoms with van der Waals surface area (Å²) in [5.74, 6) is 1.49. The van der Waals surface area contributed by atoms with Crippen molar-refractivity contribution in [1.29, 1.82) is 0 Å². The molecule has 1 aliphatic rings. The molecule has 1 unspecified atom stereocenters. The van der Waals surface area contributed by atoms with Gasteiger partial charge in [0.2, 0.25) is 11.8 Å². The van der Waals surface area contributed by atoms with Gasteiger partial charge in [-0.2, -0.15) is 0 Å². The number of fused-ring (bicyclic) bond motifs is 1. The third kappa shape index (κ3) is 6.48. The van der Waals surface area contributed by atoms with Crippen molar-refractivity contribution >= 4 is 23.2 Å². The van der Waals surface area contributed by atoms with Gasteiger partial charge >= 0.3 is 0 Å². The molecule has 1 aliphatic heterocycles. The summed E-state index contributed by atoms with van der Waals surface area (Å²) in [7, 11) is 3.10. The maximum absolute atomic E-state index is 13.5. The first kappa shape index (κ1) is 25.1. The lowest BCUT2D eigenvalue weighted by molar-refractivity contribution is -0.144. The fraction of sp³-hybridized carbons (Fsp3) is 0.520. The molecule has 2 heterocycles. The Balaban J connectivity index is 1.77. The largest absolute Gasteiger partial charge is 0.493 e. The van der Waals surface area contributed by atoms with E-state index in [1.54, 1.807) is 23.3 Å². The van der Waals surface area contributed by atoms with Crippen molar-refractivity contribution in [2.45, 2.75) is 32.7 Å². The van der Waals surface area contributed by atoms with Gasteiger partial charge in [0.05, 0.1) is 19.7 Å². The van der Waals surface area contributed by atoms with Gasteiger partial charge < -0.3 is 24.0 Å². The van der Waals surface area contributed by atoms with Crippen molar-refractivity contribution in [3.05, 3.63) is 46.2 Å². The molecule has 1 aromatic carbocycles. The van der Waals surface area contributed by atoms with Gasteiger partial charge in [0.1, 0.15) is 13.2 Å². The summed E-state index contributed by atoms with van der Waals surface area (Å²) < 4.78 is 16.6. The molecule has 0 saturated heterocycles. The Morgan fingerprint density at radius 2 is 1.94 bits per heavy atom. The Morgan fingerprint density at radius 3 is 2.64 bits per heavy atom. The molecule has 0 saturated carbocycles. The van der Waals surface area contributed by atoms with E-state index in [9.17, 15) is 9.59 Å². The first-order valence-electron chi connectivity index (χ1n) is 11.3. The summed E-state index contributed by atoms with van der Waals surface area (Å²) in [5.41, 5.74) is 1.12. The number of nitrogens with zero attached hydrogens (tertiary/aromatic N) is 2. The molecule has 0 radical (unpaired) electrons. The first-order valence-corrected chi connectivity index (χ1v) is 12.2. The van der Waals surface area contributed by atoms with E-state index in [1.165, 1.54) is 12.0 Å². The second-order valence-corrected chi connectivity index (χ2v) is 9.55. The topological polar surface area (TPSA) is 68.3 Å². The Labute approximate surface area is 200 Å². The molecular weight excluding hydrogens is 440 g/mol. The fourth-order valence-electron chi connectivity index (χ4n) is 3.96. The van der Waals surface area contributed by atoms with Gasteiger partial charge in [-0.25, -0.2) is 0 Å². The fourth-order valence-corrected chi connectivity index (χ4v) is 4.88. The van der Waals surface area contributed by atoms with Crippen molar-refractivity contribution in [2.24, 2.45) is 5.92 Å². The lowest BCUT2D eigenvalue weighted by Gasteiger charge is -2.37. The van der Waals surface area contributed by atoms with Gasteiger partial charge in [-0.15, -0.1) is 11.3 Å². The number of ether oxygens (including phenoxy) is 3. The zero-order chi connectivity index (χ0) is 23.8. The van der Waals surface area contributed by atoms with Crippen LogP contribution in [0.1, 0.15) is 36.8 Å². The number of methoxy groups -OCH3 is 2. The lowest BCUT2D eigenvalue weighted by Crippen LogP contribution is -2.48. The maximum Gasteiger partial charge on any atom is 0.249 e. The van der Waals surface area contributed by atoms with E-state index >= 15 is 0 Å². The predicted molar refractivity (Wildman–Crippen MR) is 129 cm³/mol. The van der Waals surface area contributed by atoms with Crippen LogP contribution < -0.4 is 9.47 Å². The molecule has 1 atom stereocenters. The number of hydrogen-bond donors (Lipinski definition) is 0. The van der Waals surface area contributed by atoms with Crippen molar-refractivity contribution in [3.63, 3.8) is 0 Å². The van der Waals surface area contributed by atoms with Crippen LogP contribution in [0.25, 0.3) is 0 Å². The van der Waals surface area contributed by atoms with E-state index in [0.717, 1.165) is 18.4 Å². The number of rotatable bonds is 11. The molecule has 33 heavy (non-hydrogen) atoms. The van der Waals surface area contributed by atoms with Gasteiger partial charge in [-0.3, -0.25) is 9.59 Å². The van der Waals surface area contributed by atoms with Gasteiger partial charge in [-0.05, 0) is 47.9 Å². The third-order valence-electron chi connectivity index (χ3n) is 5.80. The lowest BCUT2D eigenvalue weighted by atomic mass is 10.0. The molecule has 0 N–H and O–H groups in total. The number of benzene rings is 1. The zero-order valence-electron chi connectivity index (χ0n) is 19.9. The average molecular weight is 475 g/mol. The van der Waals surface area contributed by atoms with Crippen LogP contribution in [0.2, 0.25) is 0 Å². The molecule has 7 nitrogen and oxygen atoms in total. The molecule has 1 aromatic heterocycles. The molecule has 2 amide bonds. The number of carbonyl (C=O) groups is 2. The second-order valence-electron chi connectivity index (χ2n) is 8.54. The molecule has 0 aliphatic carbocycles. The molecule has 8 heteroatoms. The highest BCUT2D eigenvalue weighted by Crippen LogP contribution is 2.35. The normalized spacial score (nSPS) is 15.3. The smallest absolute Gasteiger partial charge is 0.249 e. The van der Waals surface area contributed by atoms with Gasteiger partial charge in [0.25, 0.3) is 0 Å². The number of carbonyl (C=O) groups excluding carboxylic acids is 2. The second kappa shape index (κ2) is 12.0. The van der Waals surface area contributed by atoms with Crippen LogP contribution in [0.3, 0.4) is 0 Å². The van der Waals surface area contributed by atoms with Crippen LogP contribution in [0.5, 0.6) is 11.5 Å². The van der Waals surface area contributed by atoms with E-state index in [2.05, 4.69) is 25.3 Å². The molecule has 0 bridgehead atoms. The van der Waals surface area contributed by atoms with Crippen molar-refractivity contribution in [2.75, 3.05) is 47.1 Å². The molecule has 0 fully saturated rings. The van der Waals surface area contributed by atoms with E-state index in [1.807, 2.05) is 29.2 Å². The Hall–Kier alpha value is -2.58. The van der Waals surface area contributed by atoms with E-state index in [0.29, 0.717) is 37.1 Å². The standard InChI is InChI=1S/C25H34N2O5S/c1-18(2)9-12-26(25(29)17-30-3)15-24(28)27-13-10-23-19(11-14-33-23)20(27)16-32-22-8-6-5-7-21(22)31-4/h5-8,11,14,18,20H,9-10,12-13,15-17H2,1-4H3. The SMILES string of the molecule is COCC(=O)N(CCC(C)C)CC(=O)N1CCc2sccc2C1COc1ccccc1OC. The highest BCUT2D eigenvalue weighted by molar-refractivity contribution is 7.10. The first-order chi connectivity index (χ1) is 15.9. The predicted octanol–water partition coefficient (Wildman–Crippen LogP) is 3.78. The maximum atomic E-state index is 13.5. The van der Waals surface area contributed by atoms with Crippen LogP contribution in [0.15, 0.2) is 35.7 Å². The third-order valence-corrected chi connectivity index (χ3v) is 6.80. The quantitative estimate of drug-likeness (QED) is 0.496. The molecule has 0 spiro atoms. The average Bonchev–Trinajstić information content (AvgIpc) is 3.29. The van der Waals surface area contributed by atoms with Crippen molar-refractivity contribution in [3.8, 4) is 11.5 Å². The minimum Gasteiger partial charge on any atom is -0.493 e. The van der Waals surface area contributed by atoms with Gasteiger partial charge in [0.15, 0.2) is 11.5 Å². The van der Waals surface area contributed by atoms with E-state index in [4.69, 9.17) is 14.2 Å². The summed E-state index contributed by atoms with van der Waals surface area (Å²) in [4.78, 5) is 30.8. The summed E-state index contributed by atoms with van der Waals surface area (Å²) in [5, 5.41) is 2.06. The Morgan fingerprint density at radius 1 is 1.18 bits per heavy atom. The number of para-hydroxylation sites is 2. The number of amides is 2. The van der Waals surface area contributed by atoms with Gasteiger partial charge in [0, 0.05) is 25.1 Å². The highest BCUT2D eigenvalue weighted by Gasteiger charge is 2.33. The number of hydrogen-bond acceptors (Lipinski definition) is 6. The van der Waals surface area contributed by atoms with Gasteiger partial charge in [-0.1, -0.05) is 26.0 Å². The minimum atomic E-state index is -0.220. The van der Waals surface area contributed by atoms with Crippen LogP contribution in [0.4, 0.5) is 0 Å². The van der Waals surface area contributed by atoms with Crippen LogP contribution in [-0.4, -0.2) is 68.7 Å². The van der Waals surface area contributed by atoms with E-state index < -0.39 is 0 Å². The Kier molecular flexibility index (Phi) is 9.14. The van der Waals surface area contributed by atoms with Crippen LogP contribution in [0, 0.1) is 5.92 Å². The Bertz CT molecular complexity index is 929. The highest BCUT2D eigenvalue weighted by atomic mass is 32.1. The summed E-state index contributed by atoms with van der Waals surface area (Å²) in [6, 6.07) is 9.35. The van der Waals surface area contributed by atoms with E-state index in [-0.39, 0.29) is 31.0 Å². The molecule has 180 valence electrons. The number of thiophene rings is 1. The van der Waals surface area contributed by atoms with Crippen molar-refractivity contribution in [1.82, 2.24) is 9.80 Å². The zero-order valence-corrected chi connectivity index (χ0v) is 20.7. The molecule has 3 rings (SSSR count). The monoisotopic (exact) mass is 474 g/mol. The minimum absolute atomic E-state index is 0.0274. The van der Waals surface area contributed by atoms with Crippen LogP contribution in [-0.2, 0) is 20.7 Å². The van der Waals surface area contributed by atoms with Crippen LogP contribution >= 0.6 is 11.3 Å². The molecular formula is C25H34N2O5S. The summed E-state index contributed by atoms with van der Waals surface area (Å²) in [6.07, 6.45) is 1.64. The molecule has 2 aromatic rings. The van der Waals surface area contributed by atoms with Crippen molar-refractivity contribution < 1.29 is 23.8 Å².